The van der Waals surface area contributed by atoms with E-state index in [1.807, 2.05) is 31.2 Å². The fourth-order valence-corrected chi connectivity index (χ4v) is 2.14. The van der Waals surface area contributed by atoms with E-state index in [0.29, 0.717) is 12.4 Å². The van der Waals surface area contributed by atoms with Crippen molar-refractivity contribution in [3.8, 4) is 11.5 Å². The quantitative estimate of drug-likeness (QED) is 0.791. The second-order valence-corrected chi connectivity index (χ2v) is 4.76. The molecule has 1 N–H and O–H groups in total. The number of rotatable bonds is 4. The average Bonchev–Trinajstić information content (AvgIpc) is 3.00. The lowest BCUT2D eigenvalue weighted by atomic mass is 10.1. The third-order valence-electron chi connectivity index (χ3n) is 3.21. The Morgan fingerprint density at radius 3 is 2.81 bits per heavy atom. The van der Waals surface area contributed by atoms with Gasteiger partial charge in [0.25, 0.3) is 0 Å². The molecule has 0 aliphatic heterocycles. The minimum Gasteiger partial charge on any atom is -0.423 e. The van der Waals surface area contributed by atoms with Crippen LogP contribution in [0.5, 0.6) is 0 Å². The molecule has 0 spiro atoms. The summed E-state index contributed by atoms with van der Waals surface area (Å²) in [5, 5.41) is 10.8. The van der Waals surface area contributed by atoms with E-state index in [0.717, 1.165) is 22.4 Å². The smallest absolute Gasteiger partial charge is 0.247 e. The number of halogens is 1. The Morgan fingerprint density at radius 2 is 2.10 bits per heavy atom. The van der Waals surface area contributed by atoms with Crippen molar-refractivity contribution < 1.29 is 8.81 Å². The summed E-state index contributed by atoms with van der Waals surface area (Å²) in [5.74, 6) is 0.271. The van der Waals surface area contributed by atoms with Gasteiger partial charge in [0.15, 0.2) is 0 Å². The van der Waals surface area contributed by atoms with Crippen LogP contribution in [-0.2, 0) is 6.54 Å². The van der Waals surface area contributed by atoms with E-state index in [1.165, 1.54) is 18.5 Å². The van der Waals surface area contributed by atoms with Gasteiger partial charge in [0, 0.05) is 17.8 Å². The molecule has 3 rings (SSSR count). The lowest BCUT2D eigenvalue weighted by Crippen LogP contribution is -2.01. The van der Waals surface area contributed by atoms with Gasteiger partial charge in [-0.1, -0.05) is 12.1 Å². The maximum atomic E-state index is 13.1. The second kappa shape index (κ2) is 5.75. The fourth-order valence-electron chi connectivity index (χ4n) is 2.14. The lowest BCUT2D eigenvalue weighted by Gasteiger charge is -2.10. The third kappa shape index (κ3) is 3.08. The van der Waals surface area contributed by atoms with Crippen molar-refractivity contribution in [3.05, 3.63) is 65.8 Å². The molecule has 5 heteroatoms. The van der Waals surface area contributed by atoms with Gasteiger partial charge in [-0.3, -0.25) is 0 Å². The van der Waals surface area contributed by atoms with Crippen LogP contribution >= 0.6 is 0 Å². The lowest BCUT2D eigenvalue weighted by molar-refractivity contribution is 0.568. The molecule has 1 aromatic heterocycles. The average molecular weight is 283 g/mol. The van der Waals surface area contributed by atoms with Crippen LogP contribution in [0.1, 0.15) is 11.1 Å². The molecule has 0 aliphatic carbocycles. The van der Waals surface area contributed by atoms with Crippen LogP contribution in [0, 0.1) is 12.7 Å². The van der Waals surface area contributed by atoms with Gasteiger partial charge in [-0.25, -0.2) is 4.39 Å². The van der Waals surface area contributed by atoms with Crippen LogP contribution < -0.4 is 5.32 Å². The Labute approximate surface area is 121 Å². The summed E-state index contributed by atoms with van der Waals surface area (Å²) in [6, 6.07) is 12.4. The van der Waals surface area contributed by atoms with Crippen LogP contribution in [0.25, 0.3) is 11.5 Å². The number of hydrogen-bond donors (Lipinski definition) is 1. The maximum absolute atomic E-state index is 13.1. The number of hydrogen-bond acceptors (Lipinski definition) is 4. The first kappa shape index (κ1) is 13.3. The van der Waals surface area contributed by atoms with E-state index in [2.05, 4.69) is 15.5 Å². The summed E-state index contributed by atoms with van der Waals surface area (Å²) in [6.45, 7) is 2.56. The molecule has 0 atom stereocenters. The molecule has 0 amide bonds. The van der Waals surface area contributed by atoms with Gasteiger partial charge in [-0.2, -0.15) is 0 Å². The molecule has 0 aliphatic rings. The molecule has 0 bridgehead atoms. The highest BCUT2D eigenvalue weighted by Gasteiger charge is 2.06. The highest BCUT2D eigenvalue weighted by Crippen LogP contribution is 2.23. The molecule has 106 valence electrons. The fraction of sp³-hybridized carbons (Fsp3) is 0.125. The standard InChI is InChI=1S/C16H14FN3O/c1-11-7-13(16-20-19-10-21-16)5-6-15(11)18-9-12-3-2-4-14(17)8-12/h2-8,10,18H,9H2,1H3. The number of anilines is 1. The van der Waals surface area contributed by atoms with Gasteiger partial charge in [0.2, 0.25) is 12.3 Å². The normalized spacial score (nSPS) is 10.6. The number of aryl methyl sites for hydroxylation is 1. The summed E-state index contributed by atoms with van der Waals surface area (Å²) in [6.07, 6.45) is 1.31. The summed E-state index contributed by atoms with van der Waals surface area (Å²) < 4.78 is 18.3. The minimum atomic E-state index is -0.224. The summed E-state index contributed by atoms with van der Waals surface area (Å²) >= 11 is 0. The Morgan fingerprint density at radius 1 is 1.19 bits per heavy atom. The first-order chi connectivity index (χ1) is 10.2. The van der Waals surface area contributed by atoms with E-state index in [9.17, 15) is 4.39 Å². The first-order valence-electron chi connectivity index (χ1n) is 6.58. The first-order valence-corrected chi connectivity index (χ1v) is 6.58. The van der Waals surface area contributed by atoms with Crippen molar-refractivity contribution in [2.45, 2.75) is 13.5 Å². The number of benzene rings is 2. The minimum absolute atomic E-state index is 0.224. The highest BCUT2D eigenvalue weighted by molar-refractivity contribution is 5.62. The van der Waals surface area contributed by atoms with Crippen molar-refractivity contribution in [2.75, 3.05) is 5.32 Å². The molecular formula is C16H14FN3O. The topological polar surface area (TPSA) is 51.0 Å². The molecular weight excluding hydrogens is 269 g/mol. The molecule has 0 unspecified atom stereocenters. The zero-order valence-electron chi connectivity index (χ0n) is 11.5. The van der Waals surface area contributed by atoms with Crippen molar-refractivity contribution in [1.29, 1.82) is 0 Å². The van der Waals surface area contributed by atoms with Crippen LogP contribution in [0.2, 0.25) is 0 Å². The zero-order valence-corrected chi connectivity index (χ0v) is 11.5. The van der Waals surface area contributed by atoms with Crippen LogP contribution in [0.3, 0.4) is 0 Å². The zero-order chi connectivity index (χ0) is 14.7. The van der Waals surface area contributed by atoms with Gasteiger partial charge in [-0.05, 0) is 48.4 Å². The Bertz CT molecular complexity index is 741. The Hall–Kier alpha value is -2.69. The molecule has 0 saturated carbocycles. The van der Waals surface area contributed by atoms with Crippen molar-refractivity contribution in [3.63, 3.8) is 0 Å². The predicted octanol–water partition coefficient (Wildman–Crippen LogP) is 3.80. The molecule has 21 heavy (non-hydrogen) atoms. The summed E-state index contributed by atoms with van der Waals surface area (Å²) in [7, 11) is 0. The molecule has 4 nitrogen and oxygen atoms in total. The molecule has 0 saturated heterocycles. The predicted molar refractivity (Wildman–Crippen MR) is 78.2 cm³/mol. The van der Waals surface area contributed by atoms with Gasteiger partial charge in [0.05, 0.1) is 0 Å². The van der Waals surface area contributed by atoms with E-state index >= 15 is 0 Å². The molecule has 2 aromatic carbocycles. The van der Waals surface area contributed by atoms with E-state index in [4.69, 9.17) is 4.42 Å². The summed E-state index contributed by atoms with van der Waals surface area (Å²) in [5.41, 5.74) is 3.82. The number of nitrogens with one attached hydrogen (secondary N) is 1. The van der Waals surface area contributed by atoms with Crippen LogP contribution in [-0.4, -0.2) is 10.2 Å². The van der Waals surface area contributed by atoms with Crippen molar-refractivity contribution in [2.24, 2.45) is 0 Å². The van der Waals surface area contributed by atoms with Crippen LogP contribution in [0.15, 0.2) is 53.3 Å². The monoisotopic (exact) mass is 283 g/mol. The SMILES string of the molecule is Cc1cc(-c2nnco2)ccc1NCc1cccc(F)c1. The Balaban J connectivity index is 1.74. The molecule has 0 radical (unpaired) electrons. The molecule has 0 fully saturated rings. The maximum Gasteiger partial charge on any atom is 0.247 e. The van der Waals surface area contributed by atoms with Gasteiger partial charge < -0.3 is 9.73 Å². The van der Waals surface area contributed by atoms with Crippen molar-refractivity contribution in [1.82, 2.24) is 10.2 Å². The van der Waals surface area contributed by atoms with Gasteiger partial charge in [0.1, 0.15) is 5.82 Å². The second-order valence-electron chi connectivity index (χ2n) is 4.76. The van der Waals surface area contributed by atoms with Gasteiger partial charge >= 0.3 is 0 Å². The van der Waals surface area contributed by atoms with Crippen molar-refractivity contribution >= 4 is 5.69 Å². The largest absolute Gasteiger partial charge is 0.423 e. The number of aromatic nitrogens is 2. The molecule has 1 heterocycles. The van der Waals surface area contributed by atoms with E-state index < -0.39 is 0 Å². The molecule has 3 aromatic rings. The number of nitrogens with zero attached hydrogens (tertiary/aromatic N) is 2. The Kier molecular flexibility index (Phi) is 3.64. The third-order valence-corrected chi connectivity index (χ3v) is 3.21. The highest BCUT2D eigenvalue weighted by atomic mass is 19.1. The summed E-state index contributed by atoms with van der Waals surface area (Å²) in [4.78, 5) is 0. The van der Waals surface area contributed by atoms with Gasteiger partial charge in [-0.15, -0.1) is 10.2 Å². The van der Waals surface area contributed by atoms with Crippen LogP contribution in [0.4, 0.5) is 10.1 Å². The van der Waals surface area contributed by atoms with E-state index in [-0.39, 0.29) is 5.82 Å². The van der Waals surface area contributed by atoms with E-state index in [1.54, 1.807) is 6.07 Å².